The molecule has 17 heavy (non-hydrogen) atoms. The first-order valence-corrected chi connectivity index (χ1v) is 6.29. The van der Waals surface area contributed by atoms with E-state index in [2.05, 4.69) is 43.6 Å². The summed E-state index contributed by atoms with van der Waals surface area (Å²) in [6, 6.07) is 2.13. The van der Waals surface area contributed by atoms with E-state index in [4.69, 9.17) is 4.42 Å². The number of furan rings is 1. The molecule has 0 aromatic carbocycles. The molecule has 1 heterocycles. The Bertz CT molecular complexity index is 344. The molecule has 1 aromatic heterocycles. The Morgan fingerprint density at radius 3 is 2.82 bits per heavy atom. The van der Waals surface area contributed by atoms with Crippen LogP contribution in [0.4, 0.5) is 0 Å². The van der Waals surface area contributed by atoms with Crippen molar-refractivity contribution < 1.29 is 4.42 Å². The van der Waals surface area contributed by atoms with E-state index >= 15 is 0 Å². The summed E-state index contributed by atoms with van der Waals surface area (Å²) in [5.74, 6) is 1.03. The summed E-state index contributed by atoms with van der Waals surface area (Å²) in [4.78, 5) is 2.32. The van der Waals surface area contributed by atoms with Gasteiger partial charge in [-0.25, -0.2) is 0 Å². The lowest BCUT2D eigenvalue weighted by Gasteiger charge is -2.18. The maximum absolute atomic E-state index is 5.56. The summed E-state index contributed by atoms with van der Waals surface area (Å²) in [5, 5.41) is 3.29. The summed E-state index contributed by atoms with van der Waals surface area (Å²) < 4.78 is 5.56. The van der Waals surface area contributed by atoms with Crippen molar-refractivity contribution in [1.29, 1.82) is 0 Å². The third-order valence-electron chi connectivity index (χ3n) is 2.61. The second kappa shape index (κ2) is 7.30. The molecule has 0 fully saturated rings. The van der Waals surface area contributed by atoms with E-state index in [0.29, 0.717) is 0 Å². The van der Waals surface area contributed by atoms with Crippen LogP contribution in [-0.4, -0.2) is 24.5 Å². The monoisotopic (exact) mass is 236 g/mol. The Labute approximate surface area is 104 Å². The van der Waals surface area contributed by atoms with Crippen molar-refractivity contribution in [1.82, 2.24) is 10.2 Å². The average molecular weight is 236 g/mol. The molecule has 0 saturated heterocycles. The normalized spacial score (nSPS) is 11.1. The molecule has 3 heteroatoms. The molecule has 0 bridgehead atoms. The summed E-state index contributed by atoms with van der Waals surface area (Å²) in [5.41, 5.74) is 2.40. The van der Waals surface area contributed by atoms with Gasteiger partial charge in [0.15, 0.2) is 0 Å². The van der Waals surface area contributed by atoms with E-state index in [9.17, 15) is 0 Å². The lowest BCUT2D eigenvalue weighted by Crippen LogP contribution is -2.24. The van der Waals surface area contributed by atoms with Crippen molar-refractivity contribution in [2.24, 2.45) is 0 Å². The van der Waals surface area contributed by atoms with Crippen molar-refractivity contribution in [3.8, 4) is 0 Å². The van der Waals surface area contributed by atoms with Gasteiger partial charge in [-0.05, 0) is 26.1 Å². The fourth-order valence-electron chi connectivity index (χ4n) is 1.75. The van der Waals surface area contributed by atoms with Crippen molar-refractivity contribution in [3.05, 3.63) is 35.8 Å². The fourth-order valence-corrected chi connectivity index (χ4v) is 1.75. The molecular weight excluding hydrogens is 212 g/mol. The van der Waals surface area contributed by atoms with Crippen LogP contribution in [0.2, 0.25) is 0 Å². The molecule has 0 amide bonds. The SMILES string of the molecule is C=C(C)CN(CC)Cc1cc(CNCC)co1. The Hall–Kier alpha value is -1.06. The van der Waals surface area contributed by atoms with Gasteiger partial charge in [0.25, 0.3) is 0 Å². The molecule has 0 unspecified atom stereocenters. The molecule has 0 spiro atoms. The van der Waals surface area contributed by atoms with E-state index in [0.717, 1.165) is 38.5 Å². The van der Waals surface area contributed by atoms with Gasteiger partial charge < -0.3 is 9.73 Å². The van der Waals surface area contributed by atoms with Gasteiger partial charge >= 0.3 is 0 Å². The van der Waals surface area contributed by atoms with Crippen LogP contribution in [0.1, 0.15) is 32.1 Å². The topological polar surface area (TPSA) is 28.4 Å². The van der Waals surface area contributed by atoms with Gasteiger partial charge in [-0.15, -0.1) is 0 Å². The van der Waals surface area contributed by atoms with Gasteiger partial charge in [-0.2, -0.15) is 0 Å². The second-order valence-corrected chi connectivity index (χ2v) is 4.46. The number of hydrogen-bond donors (Lipinski definition) is 1. The number of likely N-dealkylation sites (N-methyl/N-ethyl adjacent to an activating group) is 1. The van der Waals surface area contributed by atoms with Crippen LogP contribution in [0.25, 0.3) is 0 Å². The van der Waals surface area contributed by atoms with Crippen molar-refractivity contribution in [2.75, 3.05) is 19.6 Å². The van der Waals surface area contributed by atoms with Gasteiger partial charge in [0.1, 0.15) is 5.76 Å². The Kier molecular flexibility index (Phi) is 6.01. The van der Waals surface area contributed by atoms with Crippen LogP contribution in [0, 0.1) is 0 Å². The number of rotatable bonds is 8. The highest BCUT2D eigenvalue weighted by molar-refractivity contribution is 5.12. The molecule has 0 saturated carbocycles. The molecule has 0 radical (unpaired) electrons. The Morgan fingerprint density at radius 2 is 2.24 bits per heavy atom. The van der Waals surface area contributed by atoms with Crippen molar-refractivity contribution in [3.63, 3.8) is 0 Å². The van der Waals surface area contributed by atoms with E-state index in [1.807, 2.05) is 6.26 Å². The zero-order chi connectivity index (χ0) is 12.7. The van der Waals surface area contributed by atoms with Gasteiger partial charge in [0.2, 0.25) is 0 Å². The van der Waals surface area contributed by atoms with Crippen LogP contribution < -0.4 is 5.32 Å². The maximum atomic E-state index is 5.56. The lowest BCUT2D eigenvalue weighted by atomic mass is 10.2. The largest absolute Gasteiger partial charge is 0.468 e. The minimum atomic E-state index is 0.857. The third-order valence-corrected chi connectivity index (χ3v) is 2.61. The number of hydrogen-bond acceptors (Lipinski definition) is 3. The molecule has 0 atom stereocenters. The summed E-state index contributed by atoms with van der Waals surface area (Å²) in [7, 11) is 0. The predicted octanol–water partition coefficient (Wildman–Crippen LogP) is 2.79. The highest BCUT2D eigenvalue weighted by Gasteiger charge is 2.07. The quantitative estimate of drug-likeness (QED) is 0.704. The zero-order valence-electron chi connectivity index (χ0n) is 11.3. The zero-order valence-corrected chi connectivity index (χ0v) is 11.3. The Balaban J connectivity index is 2.48. The predicted molar refractivity (Wildman–Crippen MR) is 71.9 cm³/mol. The number of nitrogens with zero attached hydrogens (tertiary/aromatic N) is 1. The summed E-state index contributed by atoms with van der Waals surface area (Å²) in [6.07, 6.45) is 1.84. The minimum absolute atomic E-state index is 0.857. The second-order valence-electron chi connectivity index (χ2n) is 4.46. The lowest BCUT2D eigenvalue weighted by molar-refractivity contribution is 0.276. The molecule has 1 rings (SSSR count). The fraction of sp³-hybridized carbons (Fsp3) is 0.571. The summed E-state index contributed by atoms with van der Waals surface area (Å²) in [6.45, 7) is 14.9. The molecule has 0 aliphatic carbocycles. The standard InChI is InChI=1S/C14H24N2O/c1-5-15-8-13-7-14(17-11-13)10-16(6-2)9-12(3)4/h7,11,15H,3,5-6,8-10H2,1-2,4H3. The van der Waals surface area contributed by atoms with Crippen LogP contribution in [0.3, 0.4) is 0 Å². The Morgan fingerprint density at radius 1 is 1.47 bits per heavy atom. The smallest absolute Gasteiger partial charge is 0.118 e. The molecular formula is C14H24N2O. The van der Waals surface area contributed by atoms with E-state index in [1.165, 1.54) is 11.1 Å². The highest BCUT2D eigenvalue weighted by Crippen LogP contribution is 2.11. The minimum Gasteiger partial charge on any atom is -0.468 e. The summed E-state index contributed by atoms with van der Waals surface area (Å²) >= 11 is 0. The molecule has 0 aliphatic heterocycles. The van der Waals surface area contributed by atoms with Crippen LogP contribution >= 0.6 is 0 Å². The van der Waals surface area contributed by atoms with E-state index in [-0.39, 0.29) is 0 Å². The van der Waals surface area contributed by atoms with Gasteiger partial charge in [-0.3, -0.25) is 4.90 Å². The van der Waals surface area contributed by atoms with Crippen LogP contribution in [0.5, 0.6) is 0 Å². The van der Waals surface area contributed by atoms with Crippen LogP contribution in [0.15, 0.2) is 28.9 Å². The van der Waals surface area contributed by atoms with Gasteiger partial charge in [-0.1, -0.05) is 26.0 Å². The van der Waals surface area contributed by atoms with Crippen LogP contribution in [-0.2, 0) is 13.1 Å². The first kappa shape index (κ1) is 14.0. The molecule has 1 aromatic rings. The molecule has 3 nitrogen and oxygen atoms in total. The molecule has 96 valence electrons. The van der Waals surface area contributed by atoms with Gasteiger partial charge in [0, 0.05) is 18.7 Å². The first-order valence-electron chi connectivity index (χ1n) is 6.29. The molecule has 1 N–H and O–H groups in total. The van der Waals surface area contributed by atoms with Crippen molar-refractivity contribution in [2.45, 2.75) is 33.9 Å². The van der Waals surface area contributed by atoms with E-state index < -0.39 is 0 Å². The van der Waals surface area contributed by atoms with E-state index in [1.54, 1.807) is 0 Å². The first-order chi connectivity index (χ1) is 8.15. The average Bonchev–Trinajstić information content (AvgIpc) is 2.72. The highest BCUT2D eigenvalue weighted by atomic mass is 16.3. The van der Waals surface area contributed by atoms with Gasteiger partial charge in [0.05, 0.1) is 12.8 Å². The molecule has 0 aliphatic rings. The maximum Gasteiger partial charge on any atom is 0.118 e. The third kappa shape index (κ3) is 5.20. The number of nitrogens with one attached hydrogen (secondary N) is 1. The van der Waals surface area contributed by atoms with Crippen molar-refractivity contribution >= 4 is 0 Å².